The first kappa shape index (κ1) is 12.5. The second-order valence-corrected chi connectivity index (χ2v) is 4.91. The second-order valence-electron chi connectivity index (χ2n) is 3.83. The van der Waals surface area contributed by atoms with Crippen molar-refractivity contribution in [2.75, 3.05) is 12.4 Å². The van der Waals surface area contributed by atoms with Gasteiger partial charge in [0.15, 0.2) is 0 Å². The Labute approximate surface area is 110 Å². The van der Waals surface area contributed by atoms with Gasteiger partial charge in [0.2, 0.25) is 0 Å². The highest BCUT2D eigenvalue weighted by atomic mass is 32.1. The third kappa shape index (κ3) is 2.34. The number of hydrogen-bond donors (Lipinski definition) is 1. The first-order valence-electron chi connectivity index (χ1n) is 5.82. The highest BCUT2D eigenvalue weighted by Gasteiger charge is 2.13. The Hall–Kier alpha value is -1.93. The van der Waals surface area contributed by atoms with E-state index in [1.165, 1.54) is 11.3 Å². The molecule has 0 saturated carbocycles. The van der Waals surface area contributed by atoms with Crippen molar-refractivity contribution in [1.29, 1.82) is 5.26 Å². The molecule has 5 heteroatoms. The van der Waals surface area contributed by atoms with Crippen molar-refractivity contribution in [3.63, 3.8) is 0 Å². The van der Waals surface area contributed by atoms with Crippen LogP contribution in [-0.2, 0) is 6.42 Å². The highest BCUT2D eigenvalue weighted by Crippen LogP contribution is 2.31. The van der Waals surface area contributed by atoms with Gasteiger partial charge in [-0.3, -0.25) is 0 Å². The predicted octanol–water partition coefficient (Wildman–Crippen LogP) is 3.07. The van der Waals surface area contributed by atoms with Gasteiger partial charge in [-0.25, -0.2) is 9.97 Å². The van der Waals surface area contributed by atoms with Crippen LogP contribution in [0.5, 0.6) is 0 Å². The van der Waals surface area contributed by atoms with Crippen molar-refractivity contribution in [1.82, 2.24) is 9.97 Å². The van der Waals surface area contributed by atoms with Crippen molar-refractivity contribution < 1.29 is 0 Å². The van der Waals surface area contributed by atoms with E-state index in [2.05, 4.69) is 28.3 Å². The van der Waals surface area contributed by atoms with E-state index in [1.54, 1.807) is 6.33 Å². The van der Waals surface area contributed by atoms with Crippen molar-refractivity contribution >= 4 is 17.2 Å². The lowest BCUT2D eigenvalue weighted by Gasteiger charge is -2.10. The molecule has 0 aliphatic carbocycles. The normalized spacial score (nSPS) is 10.1. The highest BCUT2D eigenvalue weighted by molar-refractivity contribution is 7.16. The molecule has 0 aliphatic rings. The lowest BCUT2D eigenvalue weighted by atomic mass is 10.1. The quantitative estimate of drug-likeness (QED) is 0.915. The second kappa shape index (κ2) is 5.61. The SMILES string of the molecule is CCCc1c(NC)ncnc1-c1ccc(C#N)s1. The Morgan fingerprint density at radius 1 is 1.39 bits per heavy atom. The number of nitriles is 1. The van der Waals surface area contributed by atoms with E-state index in [1.807, 2.05) is 19.2 Å². The maximum atomic E-state index is 8.89. The third-order valence-electron chi connectivity index (χ3n) is 2.63. The Balaban J connectivity index is 2.52. The molecule has 0 aliphatic heterocycles. The zero-order valence-electron chi connectivity index (χ0n) is 10.4. The van der Waals surface area contributed by atoms with Gasteiger partial charge in [-0.1, -0.05) is 13.3 Å². The van der Waals surface area contributed by atoms with Gasteiger partial charge < -0.3 is 5.32 Å². The van der Waals surface area contributed by atoms with Crippen LogP contribution in [0.25, 0.3) is 10.6 Å². The number of hydrogen-bond acceptors (Lipinski definition) is 5. The standard InChI is InChI=1S/C13H14N4S/c1-3-4-10-12(16-8-17-13(10)15-2)11-6-5-9(7-14)18-11/h5-6,8H,3-4H2,1-2H3,(H,15,16,17). The topological polar surface area (TPSA) is 61.6 Å². The van der Waals surface area contributed by atoms with Gasteiger partial charge >= 0.3 is 0 Å². The molecule has 2 rings (SSSR count). The lowest BCUT2D eigenvalue weighted by molar-refractivity contribution is 0.906. The fraction of sp³-hybridized carbons (Fsp3) is 0.308. The van der Waals surface area contributed by atoms with Gasteiger partial charge in [-0.2, -0.15) is 5.26 Å². The summed E-state index contributed by atoms with van der Waals surface area (Å²) in [4.78, 5) is 10.3. The van der Waals surface area contributed by atoms with Crippen LogP contribution in [0.1, 0.15) is 23.8 Å². The fourth-order valence-corrected chi connectivity index (χ4v) is 2.68. The molecule has 0 unspecified atom stereocenters. The maximum absolute atomic E-state index is 8.89. The third-order valence-corrected chi connectivity index (χ3v) is 3.63. The molecule has 0 saturated heterocycles. The molecule has 2 heterocycles. The van der Waals surface area contributed by atoms with Crippen LogP contribution < -0.4 is 5.32 Å². The molecular weight excluding hydrogens is 244 g/mol. The summed E-state index contributed by atoms with van der Waals surface area (Å²) in [5.41, 5.74) is 2.05. The summed E-state index contributed by atoms with van der Waals surface area (Å²) in [6, 6.07) is 5.94. The number of aromatic nitrogens is 2. The van der Waals surface area contributed by atoms with E-state index in [9.17, 15) is 0 Å². The van der Waals surface area contributed by atoms with Crippen LogP contribution in [0.2, 0.25) is 0 Å². The fourth-order valence-electron chi connectivity index (χ4n) is 1.85. The van der Waals surface area contributed by atoms with Gasteiger partial charge in [0.1, 0.15) is 23.1 Å². The average molecular weight is 258 g/mol. The molecule has 0 fully saturated rings. The van der Waals surface area contributed by atoms with Crippen LogP contribution >= 0.6 is 11.3 Å². The van der Waals surface area contributed by atoms with Crippen molar-refractivity contribution in [3.8, 4) is 16.6 Å². The summed E-state index contributed by atoms with van der Waals surface area (Å²) in [6.07, 6.45) is 3.52. The molecule has 2 aromatic heterocycles. The van der Waals surface area contributed by atoms with Gasteiger partial charge in [0, 0.05) is 12.6 Å². The average Bonchev–Trinajstić information content (AvgIpc) is 2.88. The Morgan fingerprint density at radius 3 is 2.83 bits per heavy atom. The van der Waals surface area contributed by atoms with E-state index in [4.69, 9.17) is 5.26 Å². The first-order chi connectivity index (χ1) is 8.80. The van der Waals surface area contributed by atoms with Crippen molar-refractivity contribution in [2.45, 2.75) is 19.8 Å². The molecule has 2 aromatic rings. The molecule has 0 amide bonds. The summed E-state index contributed by atoms with van der Waals surface area (Å²) < 4.78 is 0. The zero-order chi connectivity index (χ0) is 13.0. The summed E-state index contributed by atoms with van der Waals surface area (Å²) in [5, 5.41) is 12.0. The minimum atomic E-state index is 0.706. The number of thiophene rings is 1. The van der Waals surface area contributed by atoms with E-state index in [0.717, 1.165) is 34.8 Å². The Kier molecular flexibility index (Phi) is 3.90. The predicted molar refractivity (Wildman–Crippen MR) is 73.6 cm³/mol. The molecule has 18 heavy (non-hydrogen) atoms. The van der Waals surface area contributed by atoms with Gasteiger partial charge in [0.05, 0.1) is 10.6 Å². The van der Waals surface area contributed by atoms with E-state index >= 15 is 0 Å². The summed E-state index contributed by atoms with van der Waals surface area (Å²) in [7, 11) is 1.86. The van der Waals surface area contributed by atoms with Crippen LogP contribution in [0.3, 0.4) is 0 Å². The molecular formula is C13H14N4S. The number of nitrogens with zero attached hydrogens (tertiary/aromatic N) is 3. The minimum Gasteiger partial charge on any atom is -0.373 e. The van der Waals surface area contributed by atoms with Crippen LogP contribution in [0.4, 0.5) is 5.82 Å². The van der Waals surface area contributed by atoms with E-state index in [-0.39, 0.29) is 0 Å². The van der Waals surface area contributed by atoms with Gasteiger partial charge in [0.25, 0.3) is 0 Å². The maximum Gasteiger partial charge on any atom is 0.132 e. The Bertz CT molecular complexity index is 583. The molecule has 0 spiro atoms. The molecule has 0 bridgehead atoms. The van der Waals surface area contributed by atoms with E-state index < -0.39 is 0 Å². The molecule has 4 nitrogen and oxygen atoms in total. The van der Waals surface area contributed by atoms with Gasteiger partial charge in [-0.15, -0.1) is 11.3 Å². The van der Waals surface area contributed by atoms with Crippen LogP contribution in [0, 0.1) is 11.3 Å². The molecule has 92 valence electrons. The minimum absolute atomic E-state index is 0.706. The first-order valence-corrected chi connectivity index (χ1v) is 6.63. The summed E-state index contributed by atoms with van der Waals surface area (Å²) >= 11 is 1.47. The van der Waals surface area contributed by atoms with Crippen LogP contribution in [0.15, 0.2) is 18.5 Å². The van der Waals surface area contributed by atoms with Crippen molar-refractivity contribution in [2.24, 2.45) is 0 Å². The van der Waals surface area contributed by atoms with Crippen LogP contribution in [-0.4, -0.2) is 17.0 Å². The lowest BCUT2D eigenvalue weighted by Crippen LogP contribution is -2.02. The monoisotopic (exact) mass is 258 g/mol. The summed E-state index contributed by atoms with van der Waals surface area (Å²) in [5.74, 6) is 0.869. The van der Waals surface area contributed by atoms with E-state index in [0.29, 0.717) is 4.88 Å². The molecule has 0 aromatic carbocycles. The molecule has 1 N–H and O–H groups in total. The zero-order valence-corrected chi connectivity index (χ0v) is 11.2. The number of nitrogens with one attached hydrogen (secondary N) is 1. The molecule has 0 atom stereocenters. The number of anilines is 1. The largest absolute Gasteiger partial charge is 0.373 e. The smallest absolute Gasteiger partial charge is 0.132 e. The molecule has 0 radical (unpaired) electrons. The Morgan fingerprint density at radius 2 is 2.22 bits per heavy atom. The van der Waals surface area contributed by atoms with Gasteiger partial charge in [-0.05, 0) is 18.6 Å². The van der Waals surface area contributed by atoms with Crippen molar-refractivity contribution in [3.05, 3.63) is 28.9 Å². The number of rotatable bonds is 4. The summed E-state index contributed by atoms with van der Waals surface area (Å²) in [6.45, 7) is 2.13.